The van der Waals surface area contributed by atoms with Crippen LogP contribution in [0.5, 0.6) is 5.75 Å². The molecule has 0 atom stereocenters. The first-order valence-electron chi connectivity index (χ1n) is 12.0. The highest BCUT2D eigenvalue weighted by Gasteiger charge is 2.23. The Balaban J connectivity index is 1.64. The van der Waals surface area contributed by atoms with Crippen molar-refractivity contribution in [3.63, 3.8) is 0 Å². The van der Waals surface area contributed by atoms with Crippen molar-refractivity contribution >= 4 is 29.0 Å². The lowest BCUT2D eigenvalue weighted by molar-refractivity contribution is -0.125. The predicted octanol–water partition coefficient (Wildman–Crippen LogP) is 5.15. The summed E-state index contributed by atoms with van der Waals surface area (Å²) < 4.78 is 26.8. The van der Waals surface area contributed by atoms with Crippen LogP contribution >= 0.6 is 11.6 Å². The normalized spacial score (nSPS) is 14.1. The Kier molecular flexibility index (Phi) is 8.38. The van der Waals surface area contributed by atoms with Gasteiger partial charge in [-0.15, -0.1) is 0 Å². The quantitative estimate of drug-likeness (QED) is 0.426. The van der Waals surface area contributed by atoms with Gasteiger partial charge >= 0.3 is 0 Å². The van der Waals surface area contributed by atoms with E-state index >= 15 is 0 Å². The number of carbonyl (C=O) groups is 1. The molecule has 9 heteroatoms. The largest absolute Gasteiger partial charge is 0.488 e. The molecule has 0 unspecified atom stereocenters. The number of halogens is 2. The molecule has 1 aromatic heterocycles. The standard InChI is InChI=1S/C27H29ClFN3O4/c1-17(2)36-25-8-7-22(14-23(25)29)31-27-30-15-20(13-24(33)19-9-11-35-12-10-19)26(34)32(27)16-18-3-5-21(28)6-4-18/h3-8,14-15,17,19H,9-13,16H2,1-2H3,(H,30,31). The van der Waals surface area contributed by atoms with Crippen molar-refractivity contribution in [2.24, 2.45) is 5.92 Å². The maximum absolute atomic E-state index is 14.5. The highest BCUT2D eigenvalue weighted by molar-refractivity contribution is 6.30. The van der Waals surface area contributed by atoms with E-state index in [0.29, 0.717) is 42.3 Å². The number of ether oxygens (including phenoxy) is 2. The summed E-state index contributed by atoms with van der Waals surface area (Å²) in [5, 5.41) is 3.62. The van der Waals surface area contributed by atoms with Crippen LogP contribution in [0.15, 0.2) is 53.5 Å². The van der Waals surface area contributed by atoms with Crippen molar-refractivity contribution in [2.75, 3.05) is 18.5 Å². The molecule has 0 bridgehead atoms. The number of rotatable bonds is 9. The van der Waals surface area contributed by atoms with E-state index in [1.54, 1.807) is 18.2 Å². The van der Waals surface area contributed by atoms with E-state index < -0.39 is 5.82 Å². The minimum atomic E-state index is -0.529. The van der Waals surface area contributed by atoms with Gasteiger partial charge in [-0.2, -0.15) is 0 Å². The molecular formula is C27H29ClFN3O4. The molecule has 2 aromatic carbocycles. The molecule has 3 aromatic rings. The zero-order valence-electron chi connectivity index (χ0n) is 20.3. The lowest BCUT2D eigenvalue weighted by Gasteiger charge is -2.21. The Bertz CT molecular complexity index is 1270. The second kappa shape index (κ2) is 11.7. The number of hydrogen-bond donors (Lipinski definition) is 1. The van der Waals surface area contributed by atoms with Crippen molar-refractivity contribution in [3.8, 4) is 5.75 Å². The first-order chi connectivity index (χ1) is 17.3. The summed E-state index contributed by atoms with van der Waals surface area (Å²) in [4.78, 5) is 30.8. The average molecular weight is 514 g/mol. The zero-order valence-corrected chi connectivity index (χ0v) is 21.1. The van der Waals surface area contributed by atoms with Crippen molar-refractivity contribution in [2.45, 2.75) is 45.8 Å². The molecule has 1 aliphatic heterocycles. The lowest BCUT2D eigenvalue weighted by Crippen LogP contribution is -2.31. The van der Waals surface area contributed by atoms with E-state index in [-0.39, 0.29) is 48.0 Å². The van der Waals surface area contributed by atoms with Crippen LogP contribution in [-0.4, -0.2) is 34.7 Å². The molecule has 1 fully saturated rings. The third kappa shape index (κ3) is 6.50. The Hall–Kier alpha value is -3.23. The summed E-state index contributed by atoms with van der Waals surface area (Å²) in [6, 6.07) is 11.6. The van der Waals surface area contributed by atoms with Crippen molar-refractivity contribution in [1.82, 2.24) is 9.55 Å². The van der Waals surface area contributed by atoms with E-state index in [0.717, 1.165) is 5.56 Å². The number of Topliss-reactive ketones (excluding diaryl/α,β-unsaturated/α-hetero) is 1. The molecule has 1 saturated heterocycles. The van der Waals surface area contributed by atoms with E-state index in [1.807, 2.05) is 26.0 Å². The summed E-state index contributed by atoms with van der Waals surface area (Å²) in [5.41, 5.74) is 1.22. The van der Waals surface area contributed by atoms with E-state index in [2.05, 4.69) is 10.3 Å². The van der Waals surface area contributed by atoms with Crippen molar-refractivity contribution < 1.29 is 18.7 Å². The van der Waals surface area contributed by atoms with Gasteiger partial charge in [0.15, 0.2) is 11.6 Å². The van der Waals surface area contributed by atoms with Gasteiger partial charge in [0.05, 0.1) is 12.6 Å². The third-order valence-electron chi connectivity index (χ3n) is 5.96. The molecule has 1 aliphatic rings. The molecule has 4 rings (SSSR count). The Labute approximate surface area is 214 Å². The van der Waals surface area contributed by atoms with Gasteiger partial charge < -0.3 is 14.8 Å². The van der Waals surface area contributed by atoms with Gasteiger partial charge in [-0.25, -0.2) is 9.37 Å². The minimum Gasteiger partial charge on any atom is -0.488 e. The molecule has 2 heterocycles. The Morgan fingerprint density at radius 3 is 2.61 bits per heavy atom. The first-order valence-corrected chi connectivity index (χ1v) is 12.3. The summed E-state index contributed by atoms with van der Waals surface area (Å²) in [6.07, 6.45) is 2.58. The highest BCUT2D eigenvalue weighted by atomic mass is 35.5. The number of nitrogens with zero attached hydrogens (tertiary/aromatic N) is 2. The second-order valence-electron chi connectivity index (χ2n) is 9.09. The molecule has 0 radical (unpaired) electrons. The monoisotopic (exact) mass is 513 g/mol. The average Bonchev–Trinajstić information content (AvgIpc) is 2.86. The number of hydrogen-bond acceptors (Lipinski definition) is 6. The molecule has 0 spiro atoms. The lowest BCUT2D eigenvalue weighted by atomic mass is 9.92. The predicted molar refractivity (Wildman–Crippen MR) is 137 cm³/mol. The zero-order chi connectivity index (χ0) is 25.7. The molecule has 36 heavy (non-hydrogen) atoms. The van der Waals surface area contributed by atoms with Crippen LogP contribution in [-0.2, 0) is 22.5 Å². The van der Waals surface area contributed by atoms with Gasteiger partial charge in [-0.3, -0.25) is 14.2 Å². The smallest absolute Gasteiger partial charge is 0.258 e. The summed E-state index contributed by atoms with van der Waals surface area (Å²) in [5.74, 6) is -0.258. The van der Waals surface area contributed by atoms with Gasteiger partial charge in [0.1, 0.15) is 5.78 Å². The summed E-state index contributed by atoms with van der Waals surface area (Å²) >= 11 is 6.01. The molecule has 0 aliphatic carbocycles. The first kappa shape index (κ1) is 25.9. The van der Waals surface area contributed by atoms with Crippen molar-refractivity contribution in [1.29, 1.82) is 0 Å². The fourth-order valence-corrected chi connectivity index (χ4v) is 4.21. The molecule has 0 amide bonds. The van der Waals surface area contributed by atoms with Crippen LogP contribution in [0.2, 0.25) is 5.02 Å². The number of benzene rings is 2. The van der Waals surface area contributed by atoms with Gasteiger partial charge in [0, 0.05) is 54.1 Å². The molecule has 7 nitrogen and oxygen atoms in total. The van der Waals surface area contributed by atoms with Crippen LogP contribution in [0.4, 0.5) is 16.0 Å². The fourth-order valence-electron chi connectivity index (χ4n) is 4.08. The second-order valence-corrected chi connectivity index (χ2v) is 9.53. The Morgan fingerprint density at radius 1 is 1.22 bits per heavy atom. The number of anilines is 2. The van der Waals surface area contributed by atoms with Gasteiger partial charge in [0.25, 0.3) is 5.56 Å². The van der Waals surface area contributed by atoms with E-state index in [9.17, 15) is 14.0 Å². The third-order valence-corrected chi connectivity index (χ3v) is 6.22. The van der Waals surface area contributed by atoms with Gasteiger partial charge in [-0.1, -0.05) is 23.7 Å². The van der Waals surface area contributed by atoms with Gasteiger partial charge in [0.2, 0.25) is 5.95 Å². The van der Waals surface area contributed by atoms with Crippen LogP contribution in [0.3, 0.4) is 0 Å². The number of aromatic nitrogens is 2. The number of carbonyl (C=O) groups excluding carboxylic acids is 1. The molecule has 190 valence electrons. The molecule has 0 saturated carbocycles. The topological polar surface area (TPSA) is 82.5 Å². The maximum Gasteiger partial charge on any atom is 0.258 e. The van der Waals surface area contributed by atoms with E-state index in [4.69, 9.17) is 21.1 Å². The highest BCUT2D eigenvalue weighted by Crippen LogP contribution is 2.24. The number of ketones is 1. The van der Waals surface area contributed by atoms with Crippen LogP contribution in [0.1, 0.15) is 37.8 Å². The Morgan fingerprint density at radius 2 is 1.94 bits per heavy atom. The molecular weight excluding hydrogens is 485 g/mol. The maximum atomic E-state index is 14.5. The van der Waals surface area contributed by atoms with Crippen LogP contribution < -0.4 is 15.6 Å². The van der Waals surface area contributed by atoms with Crippen LogP contribution in [0.25, 0.3) is 0 Å². The minimum absolute atomic E-state index is 0.00721. The summed E-state index contributed by atoms with van der Waals surface area (Å²) in [7, 11) is 0. The van der Waals surface area contributed by atoms with Crippen molar-refractivity contribution in [3.05, 3.63) is 81.0 Å². The number of nitrogens with one attached hydrogen (secondary N) is 1. The molecule has 1 N–H and O–H groups in total. The van der Waals surface area contributed by atoms with Gasteiger partial charge in [-0.05, 0) is 56.5 Å². The van der Waals surface area contributed by atoms with Crippen LogP contribution in [0, 0.1) is 11.7 Å². The van der Waals surface area contributed by atoms with E-state index in [1.165, 1.54) is 22.9 Å². The SMILES string of the molecule is CC(C)Oc1ccc(Nc2ncc(CC(=O)C3CCOCC3)c(=O)n2Cc2ccc(Cl)cc2)cc1F. The summed E-state index contributed by atoms with van der Waals surface area (Å²) in [6.45, 7) is 4.94. The fraction of sp³-hybridized carbons (Fsp3) is 0.370.